The predicted octanol–water partition coefficient (Wildman–Crippen LogP) is 3.73. The Balaban J connectivity index is 1.57. The van der Waals surface area contributed by atoms with Crippen molar-refractivity contribution in [3.63, 3.8) is 0 Å². The van der Waals surface area contributed by atoms with E-state index in [9.17, 15) is 4.79 Å². The highest BCUT2D eigenvalue weighted by Crippen LogP contribution is 2.32. The van der Waals surface area contributed by atoms with Crippen molar-refractivity contribution in [2.24, 2.45) is 0 Å². The van der Waals surface area contributed by atoms with Gasteiger partial charge in [-0.25, -0.2) is 0 Å². The van der Waals surface area contributed by atoms with Crippen LogP contribution in [0.5, 0.6) is 0 Å². The number of likely N-dealkylation sites (N-methyl/N-ethyl adjacent to an activating group) is 1. The van der Waals surface area contributed by atoms with Crippen LogP contribution in [0.4, 0.5) is 0 Å². The van der Waals surface area contributed by atoms with E-state index in [0.29, 0.717) is 12.5 Å². The zero-order valence-electron chi connectivity index (χ0n) is 14.9. The van der Waals surface area contributed by atoms with Crippen LogP contribution in [0.1, 0.15) is 43.4 Å². The molecule has 1 fully saturated rings. The highest BCUT2D eigenvalue weighted by atomic mass is 35.5. The average Bonchev–Trinajstić information content (AvgIpc) is 3.19. The lowest BCUT2D eigenvalue weighted by Gasteiger charge is -2.24. The number of benzene rings is 1. The van der Waals surface area contributed by atoms with Crippen molar-refractivity contribution in [2.45, 2.75) is 57.7 Å². The molecule has 1 N–H and O–H groups in total. The van der Waals surface area contributed by atoms with Gasteiger partial charge >= 0.3 is 0 Å². The van der Waals surface area contributed by atoms with Gasteiger partial charge in [0.15, 0.2) is 0 Å². The highest BCUT2D eigenvalue weighted by Gasteiger charge is 2.23. The van der Waals surface area contributed by atoms with E-state index in [2.05, 4.69) is 34.0 Å². The third-order valence-corrected chi connectivity index (χ3v) is 5.92. The van der Waals surface area contributed by atoms with E-state index < -0.39 is 0 Å². The highest BCUT2D eigenvalue weighted by molar-refractivity contribution is 6.31. The van der Waals surface area contributed by atoms with Crippen molar-refractivity contribution in [2.75, 3.05) is 13.6 Å². The second-order valence-corrected chi connectivity index (χ2v) is 7.96. The van der Waals surface area contributed by atoms with Crippen molar-refractivity contribution >= 4 is 28.4 Å². The predicted molar refractivity (Wildman–Crippen MR) is 102 cm³/mol. The number of halogens is 1. The lowest BCUT2D eigenvalue weighted by atomic mass is 10.1. The van der Waals surface area contributed by atoms with Crippen LogP contribution >= 0.6 is 11.6 Å². The molecule has 0 saturated heterocycles. The molecule has 0 unspecified atom stereocenters. The molecule has 2 heterocycles. The van der Waals surface area contributed by atoms with Crippen LogP contribution in [-0.2, 0) is 24.3 Å². The molecule has 1 aliphatic heterocycles. The van der Waals surface area contributed by atoms with Crippen LogP contribution in [0.15, 0.2) is 18.2 Å². The smallest absolute Gasteiger partial charge is 0.222 e. The van der Waals surface area contributed by atoms with Gasteiger partial charge in [0, 0.05) is 60.1 Å². The second kappa shape index (κ2) is 7.00. The van der Waals surface area contributed by atoms with Gasteiger partial charge in [-0.2, -0.15) is 0 Å². The van der Waals surface area contributed by atoms with Crippen molar-refractivity contribution in [3.05, 3.63) is 34.5 Å². The average molecular weight is 360 g/mol. The van der Waals surface area contributed by atoms with Gasteiger partial charge in [0.2, 0.25) is 5.91 Å². The summed E-state index contributed by atoms with van der Waals surface area (Å²) in [5, 5.41) is 5.22. The fourth-order valence-electron chi connectivity index (χ4n) is 4.40. The molecule has 1 aromatic heterocycles. The van der Waals surface area contributed by atoms with Crippen LogP contribution in [0.3, 0.4) is 0 Å². The van der Waals surface area contributed by atoms with Crippen molar-refractivity contribution in [3.8, 4) is 0 Å². The van der Waals surface area contributed by atoms with E-state index in [1.54, 1.807) is 0 Å². The number of carbonyl (C=O) groups is 1. The molecule has 1 amide bonds. The first-order valence-electron chi connectivity index (χ1n) is 9.39. The van der Waals surface area contributed by atoms with Crippen molar-refractivity contribution < 1.29 is 4.79 Å². The van der Waals surface area contributed by atoms with Crippen molar-refractivity contribution in [1.29, 1.82) is 0 Å². The summed E-state index contributed by atoms with van der Waals surface area (Å²) in [6.45, 7) is 2.76. The number of rotatable bonds is 4. The minimum Gasteiger partial charge on any atom is -0.353 e. The maximum absolute atomic E-state index is 12.4. The van der Waals surface area contributed by atoms with Gasteiger partial charge in [-0.05, 0) is 43.7 Å². The largest absolute Gasteiger partial charge is 0.353 e. The first kappa shape index (κ1) is 16.9. The van der Waals surface area contributed by atoms with Crippen LogP contribution in [0.25, 0.3) is 10.9 Å². The number of amides is 1. The van der Waals surface area contributed by atoms with Gasteiger partial charge in [-0.3, -0.25) is 4.79 Å². The summed E-state index contributed by atoms with van der Waals surface area (Å²) in [7, 11) is 2.16. The molecule has 25 heavy (non-hydrogen) atoms. The minimum absolute atomic E-state index is 0.185. The first-order chi connectivity index (χ1) is 12.1. The Morgan fingerprint density at radius 3 is 2.92 bits per heavy atom. The number of hydrogen-bond acceptors (Lipinski definition) is 2. The Hall–Kier alpha value is -1.52. The molecule has 0 radical (unpaired) electrons. The van der Waals surface area contributed by atoms with Crippen LogP contribution in [0, 0.1) is 0 Å². The Morgan fingerprint density at radius 1 is 1.32 bits per heavy atom. The molecule has 4 nitrogen and oxygen atoms in total. The zero-order chi connectivity index (χ0) is 17.4. The molecule has 4 rings (SSSR count). The lowest BCUT2D eigenvalue weighted by Crippen LogP contribution is -2.33. The lowest BCUT2D eigenvalue weighted by molar-refractivity contribution is -0.121. The molecular weight excluding hydrogens is 334 g/mol. The standard InChI is InChI=1S/C20H26ClN3O/c1-23-10-8-19-17(13-23)16-12-14(21)6-7-18(16)24(19)11-9-20(25)22-15-4-2-3-5-15/h6-7,12,15H,2-5,8-11,13H2,1H3,(H,22,25). The van der Waals surface area contributed by atoms with Crippen LogP contribution in [0.2, 0.25) is 5.02 Å². The maximum Gasteiger partial charge on any atom is 0.222 e. The summed E-state index contributed by atoms with van der Waals surface area (Å²) >= 11 is 6.24. The molecule has 2 aliphatic rings. The number of nitrogens with one attached hydrogen (secondary N) is 1. The molecular formula is C20H26ClN3O. The van der Waals surface area contributed by atoms with Gasteiger partial charge in [-0.1, -0.05) is 24.4 Å². The molecule has 134 valence electrons. The topological polar surface area (TPSA) is 37.3 Å². The molecule has 1 aromatic carbocycles. The molecule has 0 bridgehead atoms. The van der Waals surface area contributed by atoms with Gasteiger partial charge in [0.25, 0.3) is 0 Å². The molecule has 1 aliphatic carbocycles. The summed E-state index contributed by atoms with van der Waals surface area (Å²) in [4.78, 5) is 14.7. The van der Waals surface area contributed by atoms with E-state index in [1.165, 1.54) is 35.0 Å². The number of aryl methyl sites for hydroxylation is 1. The number of carbonyl (C=O) groups excluding carboxylic acids is 1. The van der Waals surface area contributed by atoms with Gasteiger partial charge < -0.3 is 14.8 Å². The van der Waals surface area contributed by atoms with E-state index in [1.807, 2.05) is 6.07 Å². The molecule has 5 heteroatoms. The number of aromatic nitrogens is 1. The Morgan fingerprint density at radius 2 is 2.12 bits per heavy atom. The van der Waals surface area contributed by atoms with Crippen LogP contribution < -0.4 is 5.32 Å². The van der Waals surface area contributed by atoms with Crippen molar-refractivity contribution in [1.82, 2.24) is 14.8 Å². The summed E-state index contributed by atoms with van der Waals surface area (Å²) in [6, 6.07) is 6.53. The third kappa shape index (κ3) is 3.42. The SMILES string of the molecule is CN1CCc2c(c3cc(Cl)ccc3n2CCC(=O)NC2CCCC2)C1. The second-order valence-electron chi connectivity index (χ2n) is 7.53. The van der Waals surface area contributed by atoms with Gasteiger partial charge in [0.1, 0.15) is 0 Å². The quantitative estimate of drug-likeness (QED) is 0.903. The fourth-order valence-corrected chi connectivity index (χ4v) is 4.57. The van der Waals surface area contributed by atoms with Gasteiger partial charge in [-0.15, -0.1) is 0 Å². The number of nitrogens with zero attached hydrogens (tertiary/aromatic N) is 2. The van der Waals surface area contributed by atoms with E-state index in [4.69, 9.17) is 11.6 Å². The molecule has 1 saturated carbocycles. The molecule has 0 atom stereocenters. The summed E-state index contributed by atoms with van der Waals surface area (Å²) < 4.78 is 2.35. The fraction of sp³-hybridized carbons (Fsp3) is 0.550. The van der Waals surface area contributed by atoms with Crippen LogP contribution in [-0.4, -0.2) is 35.0 Å². The maximum atomic E-state index is 12.4. The Kier molecular flexibility index (Phi) is 4.74. The number of fused-ring (bicyclic) bond motifs is 3. The van der Waals surface area contributed by atoms with E-state index in [0.717, 1.165) is 43.9 Å². The first-order valence-corrected chi connectivity index (χ1v) is 9.77. The Bertz CT molecular complexity index is 792. The summed E-state index contributed by atoms with van der Waals surface area (Å²) in [6.07, 6.45) is 6.34. The minimum atomic E-state index is 0.185. The monoisotopic (exact) mass is 359 g/mol. The number of hydrogen-bond donors (Lipinski definition) is 1. The summed E-state index contributed by atoms with van der Waals surface area (Å²) in [5.74, 6) is 0.185. The molecule has 2 aromatic rings. The Labute approximate surface area is 154 Å². The van der Waals surface area contributed by atoms with Gasteiger partial charge in [0.05, 0.1) is 0 Å². The third-order valence-electron chi connectivity index (χ3n) is 5.69. The zero-order valence-corrected chi connectivity index (χ0v) is 15.6. The summed E-state index contributed by atoms with van der Waals surface area (Å²) in [5.41, 5.74) is 3.96. The van der Waals surface area contributed by atoms with E-state index in [-0.39, 0.29) is 5.91 Å². The molecule has 0 spiro atoms. The van der Waals surface area contributed by atoms with E-state index >= 15 is 0 Å². The normalized spacial score (nSPS) is 18.6.